The highest BCUT2D eigenvalue weighted by atomic mass is 32.2. The van der Waals surface area contributed by atoms with Gasteiger partial charge in [-0.3, -0.25) is 9.59 Å². The predicted octanol–water partition coefficient (Wildman–Crippen LogP) is 4.04. The van der Waals surface area contributed by atoms with Gasteiger partial charge in [-0.1, -0.05) is 17.8 Å². The monoisotopic (exact) mass is 470 g/mol. The van der Waals surface area contributed by atoms with Crippen molar-refractivity contribution < 1.29 is 9.59 Å². The lowest BCUT2D eigenvalue weighted by atomic mass is 9.99. The Morgan fingerprint density at radius 1 is 1.18 bits per heavy atom. The van der Waals surface area contributed by atoms with Gasteiger partial charge in [-0.15, -0.1) is 0 Å². The van der Waals surface area contributed by atoms with Crippen molar-refractivity contribution in [3.05, 3.63) is 58.4 Å². The number of nitrogens with two attached hydrogens (primary N) is 1. The molecule has 1 aliphatic heterocycles. The highest BCUT2D eigenvalue weighted by molar-refractivity contribution is 8.00. The van der Waals surface area contributed by atoms with E-state index in [0.717, 1.165) is 27.6 Å². The van der Waals surface area contributed by atoms with E-state index >= 15 is 0 Å². The average Bonchev–Trinajstić information content (AvgIpc) is 3.54. The van der Waals surface area contributed by atoms with Crippen LogP contribution in [0.4, 0.5) is 11.5 Å². The van der Waals surface area contributed by atoms with E-state index < -0.39 is 5.25 Å². The van der Waals surface area contributed by atoms with E-state index in [1.165, 1.54) is 11.3 Å². The number of hydrogen-bond acceptors (Lipinski definition) is 8. The molecule has 160 valence electrons. The molecule has 1 saturated heterocycles. The van der Waals surface area contributed by atoms with E-state index in [4.69, 9.17) is 5.73 Å². The summed E-state index contributed by atoms with van der Waals surface area (Å²) in [6, 6.07) is 13.2. The van der Waals surface area contributed by atoms with Crippen molar-refractivity contribution in [1.82, 2.24) is 9.97 Å². The smallest absolute Gasteiger partial charge is 0.247 e. The van der Waals surface area contributed by atoms with Crippen molar-refractivity contribution in [3.63, 3.8) is 0 Å². The van der Waals surface area contributed by atoms with Crippen molar-refractivity contribution in [2.75, 3.05) is 10.6 Å². The first kappa shape index (κ1) is 20.8. The molecule has 4 heterocycles. The van der Waals surface area contributed by atoms with Crippen LogP contribution in [-0.4, -0.2) is 27.0 Å². The summed E-state index contributed by atoms with van der Waals surface area (Å²) in [5.41, 5.74) is 8.69. The van der Waals surface area contributed by atoms with Gasteiger partial charge in [0.15, 0.2) is 0 Å². The minimum Gasteiger partial charge on any atom is -0.383 e. The highest BCUT2D eigenvalue weighted by Crippen LogP contribution is 2.40. The number of hydrogen-bond donors (Lipinski definition) is 2. The second-order valence-electron chi connectivity index (χ2n) is 7.29. The zero-order chi connectivity index (χ0) is 23.1. The van der Waals surface area contributed by atoms with Gasteiger partial charge in [0.05, 0.1) is 16.5 Å². The molecule has 4 aromatic rings. The number of H-pyrrole nitrogens is 1. The fraction of sp³-hybridized carbons (Fsp3) is 0.0870. The van der Waals surface area contributed by atoms with Crippen LogP contribution in [0.5, 0.6) is 0 Å². The fourth-order valence-electron chi connectivity index (χ4n) is 3.86. The summed E-state index contributed by atoms with van der Waals surface area (Å²) in [6.45, 7) is 0. The third-order valence-electron chi connectivity index (χ3n) is 5.38. The van der Waals surface area contributed by atoms with Gasteiger partial charge in [0.25, 0.3) is 0 Å². The van der Waals surface area contributed by atoms with Crippen LogP contribution in [0, 0.1) is 22.7 Å². The van der Waals surface area contributed by atoms with Crippen LogP contribution in [0.25, 0.3) is 22.0 Å². The second kappa shape index (κ2) is 8.10. The summed E-state index contributed by atoms with van der Waals surface area (Å²) in [6.07, 6.45) is 1.75. The Bertz CT molecular complexity index is 1510. The van der Waals surface area contributed by atoms with Crippen LogP contribution in [0.3, 0.4) is 0 Å². The van der Waals surface area contributed by atoms with E-state index in [1.54, 1.807) is 24.4 Å². The van der Waals surface area contributed by atoms with E-state index in [9.17, 15) is 20.1 Å². The van der Waals surface area contributed by atoms with Crippen molar-refractivity contribution in [2.45, 2.75) is 16.7 Å². The molecule has 5 rings (SSSR count). The third kappa shape index (κ3) is 3.42. The molecular formula is C23H14N6O2S2. The van der Waals surface area contributed by atoms with E-state index in [2.05, 4.69) is 16.0 Å². The Morgan fingerprint density at radius 2 is 2.00 bits per heavy atom. The van der Waals surface area contributed by atoms with Crippen LogP contribution < -0.4 is 10.6 Å². The molecule has 1 atom stereocenters. The Hall–Kier alpha value is -4.12. The molecule has 3 aromatic heterocycles. The average molecular weight is 471 g/mol. The van der Waals surface area contributed by atoms with Gasteiger partial charge in [0.1, 0.15) is 28.5 Å². The van der Waals surface area contributed by atoms with Crippen molar-refractivity contribution in [2.24, 2.45) is 0 Å². The molecule has 1 aliphatic rings. The number of nitrogen functional groups attached to an aromatic ring is 1. The molecule has 1 fully saturated rings. The summed E-state index contributed by atoms with van der Waals surface area (Å²) in [5, 5.41) is 23.6. The number of carbonyl (C=O) groups is 2. The number of pyridine rings is 1. The lowest BCUT2D eigenvalue weighted by molar-refractivity contribution is -0.121. The van der Waals surface area contributed by atoms with Gasteiger partial charge in [-0.25, -0.2) is 9.88 Å². The molecule has 3 N–H and O–H groups in total. The van der Waals surface area contributed by atoms with Crippen LogP contribution in [0.1, 0.15) is 17.5 Å². The summed E-state index contributed by atoms with van der Waals surface area (Å²) in [5.74, 6) is -0.741. The lowest BCUT2D eigenvalue weighted by Gasteiger charge is -2.16. The number of nitrogens with zero attached hydrogens (tertiary/aromatic N) is 4. The number of rotatable bonds is 4. The van der Waals surface area contributed by atoms with E-state index in [-0.39, 0.29) is 40.2 Å². The topological polar surface area (TPSA) is 140 Å². The summed E-state index contributed by atoms with van der Waals surface area (Å²) < 4.78 is 0. The first-order valence-corrected chi connectivity index (χ1v) is 11.6. The van der Waals surface area contributed by atoms with Crippen molar-refractivity contribution >= 4 is 57.3 Å². The lowest BCUT2D eigenvalue weighted by Crippen LogP contribution is -2.31. The first-order valence-electron chi connectivity index (χ1n) is 9.78. The maximum absolute atomic E-state index is 13.2. The molecule has 2 amide bonds. The molecule has 0 bridgehead atoms. The van der Waals surface area contributed by atoms with Gasteiger partial charge in [-0.2, -0.15) is 21.9 Å². The maximum Gasteiger partial charge on any atom is 0.247 e. The molecule has 0 radical (unpaired) electrons. The minimum atomic E-state index is -0.765. The Labute approximate surface area is 196 Å². The Morgan fingerprint density at radius 3 is 2.73 bits per heavy atom. The van der Waals surface area contributed by atoms with Gasteiger partial charge < -0.3 is 10.7 Å². The van der Waals surface area contributed by atoms with Gasteiger partial charge in [-0.05, 0) is 46.0 Å². The third-order valence-corrected chi connectivity index (χ3v) is 7.24. The van der Waals surface area contributed by atoms with Crippen LogP contribution in [-0.2, 0) is 9.59 Å². The number of aromatic amines is 1. The Balaban J connectivity index is 1.52. The van der Waals surface area contributed by atoms with Crippen LogP contribution in [0.15, 0.2) is 52.3 Å². The number of nitriles is 2. The number of aromatic nitrogens is 2. The number of fused-ring (bicyclic) bond motifs is 1. The van der Waals surface area contributed by atoms with Crippen molar-refractivity contribution in [3.8, 4) is 23.3 Å². The van der Waals surface area contributed by atoms with Gasteiger partial charge >= 0.3 is 0 Å². The number of amides is 2. The van der Waals surface area contributed by atoms with Crippen LogP contribution >= 0.6 is 23.1 Å². The molecule has 0 spiro atoms. The van der Waals surface area contributed by atoms with E-state index in [1.807, 2.05) is 29.0 Å². The standard InChI is InChI=1S/C23H14N6O2S2/c24-9-15-20(13-4-6-32-11-13)16(10-25)22(28-21(15)26)33-18-8-19(30)29(23(18)31)14-2-1-12-3-5-27-17(12)7-14/h1-7,11,18,27H,8H2,(H2,26,28). The molecule has 8 nitrogen and oxygen atoms in total. The fourth-order valence-corrected chi connectivity index (χ4v) is 5.62. The van der Waals surface area contributed by atoms with Gasteiger partial charge in [0, 0.05) is 23.7 Å². The quantitative estimate of drug-likeness (QED) is 0.429. The predicted molar refractivity (Wildman–Crippen MR) is 126 cm³/mol. The molecule has 0 aliphatic carbocycles. The number of benzene rings is 1. The molecular weight excluding hydrogens is 456 g/mol. The zero-order valence-electron chi connectivity index (χ0n) is 16.9. The maximum atomic E-state index is 13.2. The number of anilines is 2. The van der Waals surface area contributed by atoms with Crippen LogP contribution in [0.2, 0.25) is 0 Å². The minimum absolute atomic E-state index is 0.0222. The second-order valence-corrected chi connectivity index (χ2v) is 9.26. The van der Waals surface area contributed by atoms with Gasteiger partial charge in [0.2, 0.25) is 11.8 Å². The Kier molecular flexibility index (Phi) is 5.09. The largest absolute Gasteiger partial charge is 0.383 e. The molecule has 1 aromatic carbocycles. The number of imide groups is 1. The SMILES string of the molecule is N#Cc1c(N)nc(SC2CC(=O)N(c3ccc4cc[nH]c4c3)C2=O)c(C#N)c1-c1ccsc1. The number of thioether (sulfide) groups is 1. The summed E-state index contributed by atoms with van der Waals surface area (Å²) >= 11 is 2.45. The molecule has 10 heteroatoms. The normalized spacial score (nSPS) is 15.7. The zero-order valence-corrected chi connectivity index (χ0v) is 18.5. The molecule has 1 unspecified atom stereocenters. The number of thiophene rings is 1. The highest BCUT2D eigenvalue weighted by Gasteiger charge is 2.41. The van der Waals surface area contributed by atoms with Crippen molar-refractivity contribution in [1.29, 1.82) is 10.5 Å². The van der Waals surface area contributed by atoms with E-state index in [0.29, 0.717) is 16.8 Å². The number of nitrogens with one attached hydrogen (secondary N) is 1. The molecule has 33 heavy (non-hydrogen) atoms. The molecule has 0 saturated carbocycles. The first-order chi connectivity index (χ1) is 16.0. The number of carbonyl (C=O) groups excluding carboxylic acids is 2. The summed E-state index contributed by atoms with van der Waals surface area (Å²) in [4.78, 5) is 34.5. The summed E-state index contributed by atoms with van der Waals surface area (Å²) in [7, 11) is 0.